The Labute approximate surface area is 83.1 Å². The summed E-state index contributed by atoms with van der Waals surface area (Å²) in [7, 11) is 0. The lowest BCUT2D eigenvalue weighted by molar-refractivity contribution is -0.138. The van der Waals surface area contributed by atoms with Gasteiger partial charge in [0.25, 0.3) is 0 Å². The Kier molecular flexibility index (Phi) is 3.88. The second-order valence-electron chi connectivity index (χ2n) is 2.92. The maximum atomic E-state index is 10.6. The van der Waals surface area contributed by atoms with Crippen LogP contribution in [-0.2, 0) is 11.3 Å². The van der Waals surface area contributed by atoms with E-state index in [1.54, 1.807) is 0 Å². The van der Waals surface area contributed by atoms with Crippen LogP contribution in [0, 0.1) is 0 Å². The lowest BCUT2D eigenvalue weighted by Gasteiger charge is -2.09. The molecule has 0 aliphatic rings. The van der Waals surface area contributed by atoms with Crippen LogP contribution in [0.3, 0.4) is 0 Å². The van der Waals surface area contributed by atoms with Crippen LogP contribution in [0.15, 0.2) is 43.0 Å². The van der Waals surface area contributed by atoms with Crippen LogP contribution in [0.25, 0.3) is 0 Å². The molecule has 0 aliphatic carbocycles. The first kappa shape index (κ1) is 10.5. The zero-order valence-corrected chi connectivity index (χ0v) is 7.81. The lowest BCUT2D eigenvalue weighted by atomic mass is 10.2. The first-order valence-corrected chi connectivity index (χ1v) is 4.36. The summed E-state index contributed by atoms with van der Waals surface area (Å²) in [6, 6.07) is 8.95. The van der Waals surface area contributed by atoms with Crippen LogP contribution in [0.1, 0.15) is 5.56 Å². The summed E-state index contributed by atoms with van der Waals surface area (Å²) < 4.78 is 0. The van der Waals surface area contributed by atoms with Crippen molar-refractivity contribution in [3.8, 4) is 0 Å². The Morgan fingerprint density at radius 3 is 2.64 bits per heavy atom. The molecular weight excluding hydrogens is 178 g/mol. The van der Waals surface area contributed by atoms with Crippen molar-refractivity contribution in [2.75, 3.05) is 0 Å². The maximum Gasteiger partial charge on any atom is 0.324 e. The minimum absolute atomic E-state index is 0.532. The minimum atomic E-state index is -0.907. The summed E-state index contributed by atoms with van der Waals surface area (Å²) in [5.74, 6) is -0.907. The Morgan fingerprint density at radius 1 is 1.50 bits per heavy atom. The number of hydrogen-bond donors (Lipinski definition) is 2. The number of carboxylic acids is 1. The summed E-state index contributed by atoms with van der Waals surface area (Å²) in [5.41, 5.74) is 1.06. The third-order valence-corrected chi connectivity index (χ3v) is 1.87. The van der Waals surface area contributed by atoms with Gasteiger partial charge in [0.1, 0.15) is 6.04 Å². The average Bonchev–Trinajstić information content (AvgIpc) is 2.20. The van der Waals surface area contributed by atoms with Crippen molar-refractivity contribution in [1.82, 2.24) is 5.32 Å². The molecular formula is C11H13NO2. The van der Waals surface area contributed by atoms with E-state index in [0.717, 1.165) is 5.56 Å². The molecule has 74 valence electrons. The third-order valence-electron chi connectivity index (χ3n) is 1.87. The smallest absolute Gasteiger partial charge is 0.324 e. The summed E-state index contributed by atoms with van der Waals surface area (Å²) in [4.78, 5) is 10.6. The van der Waals surface area contributed by atoms with Crippen LogP contribution in [-0.4, -0.2) is 17.1 Å². The van der Waals surface area contributed by atoms with E-state index in [1.165, 1.54) is 6.08 Å². The van der Waals surface area contributed by atoms with Gasteiger partial charge in [-0.05, 0) is 5.56 Å². The predicted octanol–water partition coefficient (Wildman–Crippen LogP) is 1.42. The molecule has 1 atom stereocenters. The molecule has 0 aromatic heterocycles. The first-order chi connectivity index (χ1) is 6.74. The monoisotopic (exact) mass is 191 g/mol. The molecule has 3 heteroatoms. The molecule has 0 saturated carbocycles. The fraction of sp³-hybridized carbons (Fsp3) is 0.182. The van der Waals surface area contributed by atoms with Crippen molar-refractivity contribution in [1.29, 1.82) is 0 Å². The zero-order valence-electron chi connectivity index (χ0n) is 7.81. The Hall–Kier alpha value is -1.61. The second kappa shape index (κ2) is 5.19. The van der Waals surface area contributed by atoms with E-state index in [1.807, 2.05) is 30.3 Å². The molecule has 0 spiro atoms. The van der Waals surface area contributed by atoms with Gasteiger partial charge in [0.05, 0.1) is 0 Å². The number of hydrogen-bond acceptors (Lipinski definition) is 2. The Morgan fingerprint density at radius 2 is 2.14 bits per heavy atom. The molecule has 0 saturated heterocycles. The van der Waals surface area contributed by atoms with E-state index in [0.29, 0.717) is 6.54 Å². The van der Waals surface area contributed by atoms with Crippen LogP contribution in [0.2, 0.25) is 0 Å². The van der Waals surface area contributed by atoms with Gasteiger partial charge in [-0.3, -0.25) is 10.1 Å². The number of aliphatic carboxylic acids is 1. The van der Waals surface area contributed by atoms with E-state index in [4.69, 9.17) is 5.11 Å². The lowest BCUT2D eigenvalue weighted by Crippen LogP contribution is -2.34. The summed E-state index contributed by atoms with van der Waals surface area (Å²) in [6.07, 6.45) is 1.38. The van der Waals surface area contributed by atoms with Crippen molar-refractivity contribution in [2.24, 2.45) is 0 Å². The average molecular weight is 191 g/mol. The summed E-state index contributed by atoms with van der Waals surface area (Å²) >= 11 is 0. The molecule has 1 rings (SSSR count). The van der Waals surface area contributed by atoms with Crippen molar-refractivity contribution < 1.29 is 9.90 Å². The third kappa shape index (κ3) is 3.03. The standard InChI is InChI=1S/C11H13NO2/c1-2-10(11(13)14)12-8-9-6-4-3-5-7-9/h2-7,10,12H,1,8H2,(H,13,14). The first-order valence-electron chi connectivity index (χ1n) is 4.36. The number of carboxylic acid groups (broad SMARTS) is 1. The van der Waals surface area contributed by atoms with Crippen LogP contribution >= 0.6 is 0 Å². The molecule has 14 heavy (non-hydrogen) atoms. The molecule has 0 amide bonds. The molecule has 3 nitrogen and oxygen atoms in total. The highest BCUT2D eigenvalue weighted by atomic mass is 16.4. The van der Waals surface area contributed by atoms with E-state index in [2.05, 4.69) is 11.9 Å². The highest BCUT2D eigenvalue weighted by molar-refractivity contribution is 5.75. The maximum absolute atomic E-state index is 10.6. The normalized spacial score (nSPS) is 12.0. The molecule has 0 fully saturated rings. The fourth-order valence-corrected chi connectivity index (χ4v) is 1.10. The molecule has 0 bridgehead atoms. The molecule has 0 radical (unpaired) electrons. The zero-order chi connectivity index (χ0) is 10.4. The quantitative estimate of drug-likeness (QED) is 0.692. The van der Waals surface area contributed by atoms with Gasteiger partial charge >= 0.3 is 5.97 Å². The van der Waals surface area contributed by atoms with Gasteiger partial charge in [0.2, 0.25) is 0 Å². The molecule has 1 aromatic rings. The second-order valence-corrected chi connectivity index (χ2v) is 2.92. The highest BCUT2D eigenvalue weighted by Crippen LogP contribution is 1.98. The van der Waals surface area contributed by atoms with Gasteiger partial charge in [-0.1, -0.05) is 36.4 Å². The molecule has 0 aliphatic heterocycles. The van der Waals surface area contributed by atoms with E-state index >= 15 is 0 Å². The minimum Gasteiger partial charge on any atom is -0.480 e. The van der Waals surface area contributed by atoms with Crippen molar-refractivity contribution in [2.45, 2.75) is 12.6 Å². The van der Waals surface area contributed by atoms with Crippen molar-refractivity contribution in [3.05, 3.63) is 48.6 Å². The van der Waals surface area contributed by atoms with Gasteiger partial charge < -0.3 is 5.11 Å². The summed E-state index contributed by atoms with van der Waals surface area (Å²) in [5, 5.41) is 11.6. The van der Waals surface area contributed by atoms with E-state index in [9.17, 15) is 4.79 Å². The van der Waals surface area contributed by atoms with Crippen LogP contribution in [0.5, 0.6) is 0 Å². The van der Waals surface area contributed by atoms with Crippen LogP contribution < -0.4 is 5.32 Å². The number of carbonyl (C=O) groups is 1. The Balaban J connectivity index is 2.47. The topological polar surface area (TPSA) is 49.3 Å². The van der Waals surface area contributed by atoms with Crippen LogP contribution in [0.4, 0.5) is 0 Å². The fourth-order valence-electron chi connectivity index (χ4n) is 1.10. The molecule has 0 heterocycles. The predicted molar refractivity (Wildman–Crippen MR) is 54.9 cm³/mol. The Bertz CT molecular complexity index is 308. The highest BCUT2D eigenvalue weighted by Gasteiger charge is 2.10. The summed E-state index contributed by atoms with van der Waals surface area (Å²) in [6.45, 7) is 3.98. The SMILES string of the molecule is C=CC(NCc1ccccc1)C(=O)O. The van der Waals surface area contributed by atoms with Gasteiger partial charge in [0, 0.05) is 6.54 Å². The largest absolute Gasteiger partial charge is 0.480 e. The van der Waals surface area contributed by atoms with Gasteiger partial charge in [-0.15, -0.1) is 6.58 Å². The number of rotatable bonds is 5. The molecule has 1 aromatic carbocycles. The van der Waals surface area contributed by atoms with Crippen molar-refractivity contribution >= 4 is 5.97 Å². The molecule has 1 unspecified atom stereocenters. The van der Waals surface area contributed by atoms with Gasteiger partial charge in [-0.2, -0.15) is 0 Å². The van der Waals surface area contributed by atoms with Gasteiger partial charge in [0.15, 0.2) is 0 Å². The van der Waals surface area contributed by atoms with E-state index in [-0.39, 0.29) is 0 Å². The van der Waals surface area contributed by atoms with Crippen molar-refractivity contribution in [3.63, 3.8) is 0 Å². The van der Waals surface area contributed by atoms with Gasteiger partial charge in [-0.25, -0.2) is 0 Å². The van der Waals surface area contributed by atoms with E-state index < -0.39 is 12.0 Å². The number of nitrogens with one attached hydrogen (secondary N) is 1. The number of benzene rings is 1. The molecule has 2 N–H and O–H groups in total.